The first-order chi connectivity index (χ1) is 16.1. The van der Waals surface area contributed by atoms with Gasteiger partial charge in [-0.1, -0.05) is 24.3 Å². The minimum atomic E-state index is 0.122. The van der Waals surface area contributed by atoms with Crippen molar-refractivity contribution in [3.63, 3.8) is 0 Å². The van der Waals surface area contributed by atoms with Gasteiger partial charge in [-0.15, -0.1) is 0 Å². The lowest BCUT2D eigenvalue weighted by Gasteiger charge is -2.25. The highest BCUT2D eigenvalue weighted by atomic mass is 16.5. The fourth-order valence-corrected chi connectivity index (χ4v) is 4.73. The van der Waals surface area contributed by atoms with E-state index >= 15 is 0 Å². The summed E-state index contributed by atoms with van der Waals surface area (Å²) in [6, 6.07) is 12.2. The van der Waals surface area contributed by atoms with E-state index in [0.29, 0.717) is 13.0 Å². The summed E-state index contributed by atoms with van der Waals surface area (Å²) >= 11 is 0. The molecule has 1 aromatic heterocycles. The second-order valence-corrected chi connectivity index (χ2v) is 9.22. The average Bonchev–Trinajstić information content (AvgIpc) is 3.17. The molecule has 5 heteroatoms. The Morgan fingerprint density at radius 1 is 1.12 bits per heavy atom. The molecule has 2 aliphatic rings. The summed E-state index contributed by atoms with van der Waals surface area (Å²) in [7, 11) is 0. The number of carbonyl (C=O) groups is 1. The molecule has 33 heavy (non-hydrogen) atoms. The van der Waals surface area contributed by atoms with Crippen LogP contribution in [-0.2, 0) is 24.2 Å². The molecule has 1 aliphatic carbocycles. The second-order valence-electron chi connectivity index (χ2n) is 9.22. The smallest absolute Gasteiger partial charge is 0.176 e. The van der Waals surface area contributed by atoms with Crippen LogP contribution < -0.4 is 9.47 Å². The Kier molecular flexibility index (Phi) is 6.23. The van der Waals surface area contributed by atoms with Crippen molar-refractivity contribution in [2.45, 2.75) is 52.2 Å². The van der Waals surface area contributed by atoms with Gasteiger partial charge in [-0.3, -0.25) is 9.69 Å². The van der Waals surface area contributed by atoms with E-state index in [4.69, 9.17) is 13.9 Å². The van der Waals surface area contributed by atoms with Gasteiger partial charge >= 0.3 is 0 Å². The number of ether oxygens (including phenoxy) is 2. The van der Waals surface area contributed by atoms with Gasteiger partial charge in [0.1, 0.15) is 11.5 Å². The van der Waals surface area contributed by atoms with Gasteiger partial charge in [-0.05, 0) is 75.1 Å². The number of nitrogens with zero attached hydrogens (tertiary/aromatic N) is 1. The van der Waals surface area contributed by atoms with Gasteiger partial charge in [0.15, 0.2) is 17.1 Å². The maximum absolute atomic E-state index is 11.6. The van der Waals surface area contributed by atoms with Crippen LogP contribution in [0.1, 0.15) is 49.1 Å². The molecule has 5 rings (SSSR count). The molecular formula is C28H31NO4. The van der Waals surface area contributed by atoms with Gasteiger partial charge in [-0.2, -0.15) is 0 Å². The predicted octanol–water partition coefficient (Wildman–Crippen LogP) is 5.58. The zero-order valence-corrected chi connectivity index (χ0v) is 19.4. The van der Waals surface area contributed by atoms with Crippen molar-refractivity contribution in [2.24, 2.45) is 0 Å². The number of allylic oxidation sites excluding steroid dienone is 1. The third kappa shape index (κ3) is 4.83. The molecule has 0 saturated carbocycles. The highest BCUT2D eigenvalue weighted by Gasteiger charge is 2.24. The standard InChI is InChI=1S/C28H31NO4/c1-19(2)32-26-7-5-6-25-24-12-14-29(18-27(24)33-28(25)26)13-3-4-15-31-23-11-9-20-8-10-22(30)16-21(20)17-23/h5-11,17,19H,3-4,12-16,18H2,1-2H3. The molecule has 172 valence electrons. The van der Waals surface area contributed by atoms with E-state index in [1.165, 1.54) is 10.9 Å². The normalized spacial score (nSPS) is 15.7. The third-order valence-corrected chi connectivity index (χ3v) is 6.34. The van der Waals surface area contributed by atoms with Crippen molar-refractivity contribution < 1.29 is 18.7 Å². The van der Waals surface area contributed by atoms with Crippen molar-refractivity contribution in [3.8, 4) is 11.5 Å². The number of furan rings is 1. The van der Waals surface area contributed by atoms with Crippen LogP contribution in [0.4, 0.5) is 0 Å². The third-order valence-electron chi connectivity index (χ3n) is 6.34. The first-order valence-electron chi connectivity index (χ1n) is 12.0. The molecule has 0 unspecified atom stereocenters. The van der Waals surface area contributed by atoms with Gasteiger partial charge in [0.05, 0.1) is 19.3 Å². The Labute approximate surface area is 195 Å². The minimum absolute atomic E-state index is 0.122. The molecule has 2 heterocycles. The van der Waals surface area contributed by atoms with E-state index in [2.05, 4.69) is 17.0 Å². The molecular weight excluding hydrogens is 414 g/mol. The van der Waals surface area contributed by atoms with E-state index in [-0.39, 0.29) is 11.9 Å². The molecule has 1 aliphatic heterocycles. The van der Waals surface area contributed by atoms with E-state index < -0.39 is 0 Å². The molecule has 0 saturated heterocycles. The van der Waals surface area contributed by atoms with Crippen LogP contribution in [0.2, 0.25) is 0 Å². The summed E-state index contributed by atoms with van der Waals surface area (Å²) < 4.78 is 18.2. The van der Waals surface area contributed by atoms with Crippen molar-refractivity contribution in [1.29, 1.82) is 0 Å². The molecule has 5 nitrogen and oxygen atoms in total. The van der Waals surface area contributed by atoms with Crippen molar-refractivity contribution in [2.75, 3.05) is 19.7 Å². The Bertz CT molecular complexity index is 1190. The van der Waals surface area contributed by atoms with Gasteiger partial charge in [0.2, 0.25) is 0 Å². The van der Waals surface area contributed by atoms with E-state index in [9.17, 15) is 4.79 Å². The first-order valence-corrected chi connectivity index (χ1v) is 12.0. The molecule has 3 aromatic rings. The number of fused-ring (bicyclic) bond motifs is 4. The fraction of sp³-hybridized carbons (Fsp3) is 0.393. The molecule has 0 spiro atoms. The highest BCUT2D eigenvalue weighted by molar-refractivity contribution is 5.98. The molecule has 2 aromatic carbocycles. The van der Waals surface area contributed by atoms with Crippen molar-refractivity contribution >= 4 is 22.8 Å². The van der Waals surface area contributed by atoms with Crippen LogP contribution in [0.15, 0.2) is 46.9 Å². The Hall–Kier alpha value is -3.05. The second kappa shape index (κ2) is 9.44. The lowest BCUT2D eigenvalue weighted by atomic mass is 9.96. The summed E-state index contributed by atoms with van der Waals surface area (Å²) in [5, 5.41) is 1.19. The van der Waals surface area contributed by atoms with Crippen LogP contribution in [-0.4, -0.2) is 36.5 Å². The summed E-state index contributed by atoms with van der Waals surface area (Å²) in [6.07, 6.45) is 7.19. The average molecular weight is 446 g/mol. The fourth-order valence-electron chi connectivity index (χ4n) is 4.73. The minimum Gasteiger partial charge on any atom is -0.494 e. The van der Waals surface area contributed by atoms with Gasteiger partial charge < -0.3 is 13.9 Å². The Morgan fingerprint density at radius 3 is 2.91 bits per heavy atom. The van der Waals surface area contributed by atoms with Crippen LogP contribution in [0, 0.1) is 0 Å². The van der Waals surface area contributed by atoms with Crippen LogP contribution >= 0.6 is 0 Å². The van der Waals surface area contributed by atoms with Crippen molar-refractivity contribution in [1.82, 2.24) is 4.90 Å². The van der Waals surface area contributed by atoms with Crippen molar-refractivity contribution in [3.05, 3.63) is 64.9 Å². The Balaban J connectivity index is 1.12. The van der Waals surface area contributed by atoms with Crippen LogP contribution in [0.3, 0.4) is 0 Å². The van der Waals surface area contributed by atoms with E-state index in [0.717, 1.165) is 72.9 Å². The van der Waals surface area contributed by atoms with E-state index in [1.807, 2.05) is 44.2 Å². The van der Waals surface area contributed by atoms with Crippen LogP contribution in [0.5, 0.6) is 11.5 Å². The molecule has 0 bridgehead atoms. The van der Waals surface area contributed by atoms with Gasteiger partial charge in [-0.25, -0.2) is 0 Å². The molecule has 0 atom stereocenters. The summed E-state index contributed by atoms with van der Waals surface area (Å²) in [6.45, 7) is 7.68. The number of benzene rings is 2. The molecule has 0 amide bonds. The maximum atomic E-state index is 11.6. The molecule has 0 fully saturated rings. The zero-order valence-electron chi connectivity index (χ0n) is 19.4. The number of rotatable bonds is 8. The number of para-hydroxylation sites is 1. The summed E-state index contributed by atoms with van der Waals surface area (Å²) in [5.74, 6) is 2.91. The number of unbranched alkanes of at least 4 members (excludes halogenated alkanes) is 1. The lowest BCUT2D eigenvalue weighted by molar-refractivity contribution is -0.114. The SMILES string of the molecule is CC(C)Oc1cccc2c3c(oc12)CN(CCCCOc1ccc2c(c1)CC(=O)C=C2)CC3. The van der Waals surface area contributed by atoms with Crippen LogP contribution in [0.25, 0.3) is 17.0 Å². The zero-order chi connectivity index (χ0) is 22.8. The number of hydrogen-bond donors (Lipinski definition) is 0. The first kappa shape index (κ1) is 21.8. The molecule has 0 radical (unpaired) electrons. The highest BCUT2D eigenvalue weighted by Crippen LogP contribution is 2.36. The van der Waals surface area contributed by atoms with E-state index in [1.54, 1.807) is 6.08 Å². The number of ketones is 1. The topological polar surface area (TPSA) is 51.9 Å². The monoisotopic (exact) mass is 445 g/mol. The lowest BCUT2D eigenvalue weighted by Crippen LogP contribution is -2.30. The van der Waals surface area contributed by atoms with Gasteiger partial charge in [0.25, 0.3) is 0 Å². The summed E-state index contributed by atoms with van der Waals surface area (Å²) in [5.41, 5.74) is 4.38. The summed E-state index contributed by atoms with van der Waals surface area (Å²) in [4.78, 5) is 14.1. The largest absolute Gasteiger partial charge is 0.494 e. The number of carbonyl (C=O) groups excluding carboxylic acids is 1. The predicted molar refractivity (Wildman–Crippen MR) is 130 cm³/mol. The molecule has 0 N–H and O–H groups in total. The Morgan fingerprint density at radius 2 is 2.03 bits per heavy atom. The number of hydrogen-bond acceptors (Lipinski definition) is 5. The van der Waals surface area contributed by atoms with Gasteiger partial charge in [0, 0.05) is 23.9 Å². The maximum Gasteiger partial charge on any atom is 0.176 e. The quantitative estimate of drug-likeness (QED) is 0.424.